The number of carbonyl (C=O) groups is 2. The van der Waals surface area contributed by atoms with E-state index in [9.17, 15) is 9.59 Å². The van der Waals surface area contributed by atoms with Crippen molar-refractivity contribution in [3.8, 4) is 11.5 Å². The van der Waals surface area contributed by atoms with Crippen molar-refractivity contribution in [3.05, 3.63) is 48.0 Å². The lowest BCUT2D eigenvalue weighted by Gasteiger charge is -2.23. The maximum atomic E-state index is 12.3. The molecule has 2 aromatic rings. The van der Waals surface area contributed by atoms with Crippen LogP contribution in [0.1, 0.15) is 17.1 Å². The highest BCUT2D eigenvalue weighted by Gasteiger charge is 2.24. The van der Waals surface area contributed by atoms with E-state index in [1.165, 1.54) is 0 Å². The van der Waals surface area contributed by atoms with E-state index in [1.807, 2.05) is 41.7 Å². The molecule has 6 nitrogen and oxygen atoms in total. The van der Waals surface area contributed by atoms with Crippen LogP contribution in [0.3, 0.4) is 0 Å². The van der Waals surface area contributed by atoms with Gasteiger partial charge in [0, 0.05) is 22.8 Å². The number of nitrogens with one attached hydrogen (secondary N) is 2. The molecule has 8 heteroatoms. The number of hydrogen-bond acceptors (Lipinski definition) is 6. The van der Waals surface area contributed by atoms with Gasteiger partial charge in [-0.25, -0.2) is 0 Å². The number of thioether (sulfide) groups is 2. The predicted octanol–water partition coefficient (Wildman–Crippen LogP) is 3.90. The summed E-state index contributed by atoms with van der Waals surface area (Å²) in [4.78, 5) is 24.1. The molecular formula is C20H20N2O4S2. The van der Waals surface area contributed by atoms with Crippen molar-refractivity contribution in [3.63, 3.8) is 0 Å². The zero-order valence-electron chi connectivity index (χ0n) is 15.3. The summed E-state index contributed by atoms with van der Waals surface area (Å²) in [6, 6.07) is 13.0. The van der Waals surface area contributed by atoms with Gasteiger partial charge in [-0.3, -0.25) is 9.59 Å². The number of rotatable bonds is 5. The van der Waals surface area contributed by atoms with Gasteiger partial charge < -0.3 is 20.1 Å². The van der Waals surface area contributed by atoms with Crippen molar-refractivity contribution < 1.29 is 19.1 Å². The van der Waals surface area contributed by atoms with Gasteiger partial charge in [-0.05, 0) is 31.2 Å². The maximum Gasteiger partial charge on any atom is 0.265 e. The van der Waals surface area contributed by atoms with Crippen LogP contribution in [0, 0.1) is 0 Å². The molecule has 146 valence electrons. The minimum atomic E-state index is -0.530. The van der Waals surface area contributed by atoms with Crippen LogP contribution in [-0.2, 0) is 9.59 Å². The van der Waals surface area contributed by atoms with Gasteiger partial charge in [0.15, 0.2) is 12.7 Å². The van der Waals surface area contributed by atoms with Crippen LogP contribution in [0.5, 0.6) is 11.5 Å². The molecule has 0 unspecified atom stereocenters. The van der Waals surface area contributed by atoms with Gasteiger partial charge >= 0.3 is 0 Å². The number of amides is 2. The Balaban J connectivity index is 1.38. The Morgan fingerprint density at radius 2 is 2.04 bits per heavy atom. The Morgan fingerprint density at radius 1 is 1.25 bits per heavy atom. The average Bonchev–Trinajstić information content (AvgIpc) is 3.22. The van der Waals surface area contributed by atoms with Crippen molar-refractivity contribution in [2.75, 3.05) is 28.7 Å². The van der Waals surface area contributed by atoms with E-state index in [4.69, 9.17) is 9.47 Å². The molecule has 0 bridgehead atoms. The van der Waals surface area contributed by atoms with E-state index < -0.39 is 6.10 Å². The van der Waals surface area contributed by atoms with E-state index in [2.05, 4.69) is 16.7 Å². The zero-order chi connectivity index (χ0) is 19.5. The first-order valence-corrected chi connectivity index (χ1v) is 11.1. The Labute approximate surface area is 171 Å². The van der Waals surface area contributed by atoms with Crippen LogP contribution >= 0.6 is 23.5 Å². The third-order valence-electron chi connectivity index (χ3n) is 4.35. The van der Waals surface area contributed by atoms with Crippen LogP contribution in [0.2, 0.25) is 0 Å². The molecule has 1 atom stereocenters. The lowest BCUT2D eigenvalue weighted by molar-refractivity contribution is -0.122. The van der Waals surface area contributed by atoms with E-state index in [-0.39, 0.29) is 18.4 Å². The smallest absolute Gasteiger partial charge is 0.265 e. The van der Waals surface area contributed by atoms with Crippen molar-refractivity contribution in [2.45, 2.75) is 17.6 Å². The molecule has 1 fully saturated rings. The topological polar surface area (TPSA) is 76.7 Å². The Kier molecular flexibility index (Phi) is 5.68. The summed E-state index contributed by atoms with van der Waals surface area (Å²) in [6.45, 7) is 1.60. The molecule has 0 radical (unpaired) electrons. The second-order valence-corrected chi connectivity index (χ2v) is 9.13. The van der Waals surface area contributed by atoms with Crippen molar-refractivity contribution in [1.82, 2.24) is 0 Å². The third kappa shape index (κ3) is 4.23. The summed E-state index contributed by atoms with van der Waals surface area (Å²) in [5, 5.41) is 5.56. The minimum absolute atomic E-state index is 0.0873. The fraction of sp³-hybridized carbons (Fsp3) is 0.300. The summed E-state index contributed by atoms with van der Waals surface area (Å²) in [5.74, 6) is 3.10. The molecule has 2 amide bonds. The van der Waals surface area contributed by atoms with E-state index in [0.29, 0.717) is 21.7 Å². The van der Waals surface area contributed by atoms with Crippen LogP contribution in [0.15, 0.2) is 42.5 Å². The highest BCUT2D eigenvalue weighted by Crippen LogP contribution is 2.48. The molecule has 2 aliphatic rings. The third-order valence-corrected chi connectivity index (χ3v) is 7.42. The molecule has 0 spiro atoms. The second-order valence-electron chi connectivity index (χ2n) is 6.41. The second kappa shape index (κ2) is 8.36. The van der Waals surface area contributed by atoms with Gasteiger partial charge in [-0.2, -0.15) is 0 Å². The van der Waals surface area contributed by atoms with E-state index >= 15 is 0 Å². The molecule has 1 saturated heterocycles. The molecular weight excluding hydrogens is 396 g/mol. The lowest BCUT2D eigenvalue weighted by Crippen LogP contribution is -2.34. The van der Waals surface area contributed by atoms with Gasteiger partial charge in [0.2, 0.25) is 0 Å². The first-order valence-electron chi connectivity index (χ1n) is 8.96. The predicted molar refractivity (Wildman–Crippen MR) is 113 cm³/mol. The number of anilines is 2. The first-order chi connectivity index (χ1) is 13.6. The van der Waals surface area contributed by atoms with Gasteiger partial charge in [-0.1, -0.05) is 18.2 Å². The SMILES string of the molecule is C[C@@H]1Oc2ccc(NC(=O)COc3ccccc3C3SCCS3)cc2NC1=O. The Hall–Kier alpha value is -2.32. The van der Waals surface area contributed by atoms with E-state index in [0.717, 1.165) is 22.8 Å². The molecule has 2 N–H and O–H groups in total. The van der Waals surface area contributed by atoms with Crippen LogP contribution in [-0.4, -0.2) is 36.0 Å². The van der Waals surface area contributed by atoms with Crippen molar-refractivity contribution in [1.29, 1.82) is 0 Å². The van der Waals surface area contributed by atoms with Gasteiger partial charge in [0.1, 0.15) is 11.5 Å². The fourth-order valence-electron chi connectivity index (χ4n) is 2.97. The summed E-state index contributed by atoms with van der Waals surface area (Å²) in [5.41, 5.74) is 2.23. The number of carbonyl (C=O) groups excluding carboxylic acids is 2. The minimum Gasteiger partial charge on any atom is -0.483 e. The maximum absolute atomic E-state index is 12.3. The molecule has 2 aromatic carbocycles. The van der Waals surface area contributed by atoms with Crippen LogP contribution < -0.4 is 20.1 Å². The molecule has 0 saturated carbocycles. The standard InChI is InChI=1S/C20H20N2O4S2/c1-12-19(24)22-15-10-13(6-7-17(15)26-12)21-18(23)11-25-16-5-3-2-4-14(16)20-27-8-9-28-20/h2-7,10,12,20H,8-9,11H2,1H3,(H,21,23)(H,22,24)/t12-/m0/s1. The monoisotopic (exact) mass is 416 g/mol. The molecule has 2 heterocycles. The molecule has 28 heavy (non-hydrogen) atoms. The molecule has 0 aromatic heterocycles. The van der Waals surface area contributed by atoms with Gasteiger partial charge in [0.05, 0.1) is 10.3 Å². The quantitative estimate of drug-likeness (QED) is 0.770. The van der Waals surface area contributed by atoms with Gasteiger partial charge in [0.25, 0.3) is 11.8 Å². The Morgan fingerprint density at radius 3 is 2.86 bits per heavy atom. The lowest BCUT2D eigenvalue weighted by atomic mass is 10.2. The molecule has 4 rings (SSSR count). The molecule has 0 aliphatic carbocycles. The van der Waals surface area contributed by atoms with Crippen molar-refractivity contribution >= 4 is 46.7 Å². The number of fused-ring (bicyclic) bond motifs is 1. The summed E-state index contributed by atoms with van der Waals surface area (Å²) >= 11 is 3.79. The van der Waals surface area contributed by atoms with Gasteiger partial charge in [-0.15, -0.1) is 23.5 Å². The normalized spacial score (nSPS) is 18.8. The first kappa shape index (κ1) is 19.0. The number of para-hydroxylation sites is 1. The van der Waals surface area contributed by atoms with Crippen molar-refractivity contribution in [2.24, 2.45) is 0 Å². The number of ether oxygens (including phenoxy) is 2. The fourth-order valence-corrected chi connectivity index (χ4v) is 5.88. The highest BCUT2D eigenvalue weighted by atomic mass is 32.2. The molecule has 2 aliphatic heterocycles. The zero-order valence-corrected chi connectivity index (χ0v) is 16.9. The number of benzene rings is 2. The summed E-state index contributed by atoms with van der Waals surface area (Å²) in [7, 11) is 0. The summed E-state index contributed by atoms with van der Waals surface area (Å²) < 4.78 is 11.7. The highest BCUT2D eigenvalue weighted by molar-refractivity contribution is 8.19. The average molecular weight is 417 g/mol. The number of hydrogen-bond donors (Lipinski definition) is 2. The summed E-state index contributed by atoms with van der Waals surface area (Å²) in [6.07, 6.45) is -0.530. The van der Waals surface area contributed by atoms with E-state index in [1.54, 1.807) is 25.1 Å². The Bertz CT molecular complexity index is 900. The van der Waals surface area contributed by atoms with Crippen LogP contribution in [0.25, 0.3) is 0 Å². The largest absolute Gasteiger partial charge is 0.483 e. The van der Waals surface area contributed by atoms with Crippen LogP contribution in [0.4, 0.5) is 11.4 Å².